The average Bonchev–Trinajstić information content (AvgIpc) is 2.70. The number of benzene rings is 1. The molecule has 0 aromatic heterocycles. The quantitative estimate of drug-likeness (QED) is 0.762. The molecule has 4 rings (SSSR count). The van der Waals surface area contributed by atoms with Crippen LogP contribution >= 0.6 is 23.2 Å². The molecule has 140 valence electrons. The number of hydrogen-bond acceptors (Lipinski definition) is 5. The predicted octanol–water partition coefficient (Wildman–Crippen LogP) is 2.79. The molecule has 0 radical (unpaired) electrons. The highest BCUT2D eigenvalue weighted by atomic mass is 35.5. The van der Waals surface area contributed by atoms with E-state index in [-0.39, 0.29) is 5.91 Å². The van der Waals surface area contributed by atoms with Crippen LogP contribution in [0.3, 0.4) is 0 Å². The lowest BCUT2D eigenvalue weighted by Gasteiger charge is -2.37. The van der Waals surface area contributed by atoms with E-state index < -0.39 is 0 Å². The summed E-state index contributed by atoms with van der Waals surface area (Å²) in [6.07, 6.45) is 8.19. The van der Waals surface area contributed by atoms with Crippen molar-refractivity contribution in [3.05, 3.63) is 57.7 Å². The molecule has 1 fully saturated rings. The van der Waals surface area contributed by atoms with Crippen LogP contribution in [0.15, 0.2) is 52.2 Å². The first-order valence-electron chi connectivity index (χ1n) is 8.83. The number of amidine groups is 1. The Labute approximate surface area is 168 Å². The molecule has 6 nitrogen and oxygen atoms in total. The smallest absolute Gasteiger partial charge is 0.227 e. The van der Waals surface area contributed by atoms with Crippen molar-refractivity contribution in [2.24, 2.45) is 10.1 Å². The number of allylic oxidation sites excluding steroid dienone is 1. The summed E-state index contributed by atoms with van der Waals surface area (Å²) in [4.78, 5) is 20.9. The van der Waals surface area contributed by atoms with Gasteiger partial charge in [0.05, 0.1) is 28.7 Å². The van der Waals surface area contributed by atoms with E-state index in [0.29, 0.717) is 36.1 Å². The van der Waals surface area contributed by atoms with Crippen LogP contribution in [0.5, 0.6) is 0 Å². The number of nitrogens with zero attached hydrogens (tertiary/aromatic N) is 5. The molecule has 1 aromatic carbocycles. The van der Waals surface area contributed by atoms with E-state index in [1.165, 1.54) is 0 Å². The normalized spacial score (nSPS) is 19.0. The number of carbonyl (C=O) groups is 1. The van der Waals surface area contributed by atoms with Crippen LogP contribution in [0.2, 0.25) is 10.0 Å². The Morgan fingerprint density at radius 2 is 1.89 bits per heavy atom. The zero-order valence-electron chi connectivity index (χ0n) is 14.7. The van der Waals surface area contributed by atoms with Crippen LogP contribution in [0.4, 0.5) is 0 Å². The highest BCUT2D eigenvalue weighted by Gasteiger charge is 2.24. The lowest BCUT2D eigenvalue weighted by Crippen LogP contribution is -2.51. The van der Waals surface area contributed by atoms with Gasteiger partial charge in [-0.15, -0.1) is 5.10 Å². The molecule has 0 saturated carbocycles. The maximum absolute atomic E-state index is 12.6. The maximum atomic E-state index is 12.6. The van der Waals surface area contributed by atoms with Gasteiger partial charge < -0.3 is 9.80 Å². The van der Waals surface area contributed by atoms with Gasteiger partial charge in [-0.25, -0.2) is 5.01 Å². The number of carbonyl (C=O) groups excluding carboxylic acids is 1. The third-order valence-corrected chi connectivity index (χ3v) is 5.51. The molecule has 8 heteroatoms. The van der Waals surface area contributed by atoms with Crippen LogP contribution in [0.1, 0.15) is 5.56 Å². The molecule has 3 heterocycles. The zero-order chi connectivity index (χ0) is 18.8. The number of hydrogen-bond donors (Lipinski definition) is 0. The van der Waals surface area contributed by atoms with Crippen LogP contribution in [0.25, 0.3) is 0 Å². The summed E-state index contributed by atoms with van der Waals surface area (Å²) in [6, 6.07) is 5.32. The number of piperazine rings is 1. The molecule has 3 aliphatic rings. The largest absolute Gasteiger partial charge is 0.352 e. The highest BCUT2D eigenvalue weighted by molar-refractivity contribution is 6.42. The second-order valence-electron chi connectivity index (χ2n) is 6.54. The van der Waals surface area contributed by atoms with E-state index in [0.717, 1.165) is 30.2 Å². The molecular formula is C19H19Cl2N5O. The van der Waals surface area contributed by atoms with E-state index >= 15 is 0 Å². The predicted molar refractivity (Wildman–Crippen MR) is 108 cm³/mol. The molecule has 0 spiro atoms. The standard InChI is InChI=1S/C19H19Cl2N5O/c20-16-3-1-14(11-17(16)21)12-19(27)25-9-7-24(8-10-25)18-4-2-15-5-6-22-13-26(15)23-18/h1-5,11,13H,6-10,12H2. The maximum Gasteiger partial charge on any atom is 0.227 e. The van der Waals surface area contributed by atoms with Crippen LogP contribution in [-0.2, 0) is 11.2 Å². The van der Waals surface area contributed by atoms with Crippen molar-refractivity contribution >= 4 is 41.3 Å². The fourth-order valence-corrected chi connectivity index (χ4v) is 3.57. The minimum Gasteiger partial charge on any atom is -0.352 e. The van der Waals surface area contributed by atoms with Crippen molar-refractivity contribution in [2.45, 2.75) is 6.42 Å². The average molecular weight is 404 g/mol. The van der Waals surface area contributed by atoms with E-state index in [1.807, 2.05) is 23.1 Å². The van der Waals surface area contributed by atoms with Crippen molar-refractivity contribution in [1.29, 1.82) is 0 Å². The number of halogens is 2. The van der Waals surface area contributed by atoms with Gasteiger partial charge in [-0.3, -0.25) is 9.79 Å². The van der Waals surface area contributed by atoms with Gasteiger partial charge in [-0.2, -0.15) is 0 Å². The molecule has 1 amide bonds. The Kier molecular flexibility index (Phi) is 5.18. The molecule has 0 bridgehead atoms. The summed E-state index contributed by atoms with van der Waals surface area (Å²) in [5, 5.41) is 7.39. The van der Waals surface area contributed by atoms with Gasteiger partial charge >= 0.3 is 0 Å². The van der Waals surface area contributed by atoms with E-state index in [2.05, 4.69) is 21.1 Å². The monoisotopic (exact) mass is 403 g/mol. The summed E-state index contributed by atoms with van der Waals surface area (Å²) in [5.74, 6) is 1.000. The summed E-state index contributed by atoms with van der Waals surface area (Å²) in [5.41, 5.74) is 1.92. The lowest BCUT2D eigenvalue weighted by atomic mass is 10.1. The zero-order valence-corrected chi connectivity index (χ0v) is 16.2. The summed E-state index contributed by atoms with van der Waals surface area (Å²) in [7, 11) is 0. The Balaban J connectivity index is 1.34. The van der Waals surface area contributed by atoms with Gasteiger partial charge in [0.1, 0.15) is 12.2 Å². The Hall–Kier alpha value is -2.31. The fourth-order valence-electron chi connectivity index (χ4n) is 3.25. The molecule has 0 unspecified atom stereocenters. The van der Waals surface area contributed by atoms with Crippen LogP contribution in [-0.4, -0.2) is 65.6 Å². The van der Waals surface area contributed by atoms with Crippen molar-refractivity contribution in [3.63, 3.8) is 0 Å². The molecule has 0 aliphatic carbocycles. The molecule has 0 N–H and O–H groups in total. The molecule has 3 aliphatic heterocycles. The first-order chi connectivity index (χ1) is 13.1. The van der Waals surface area contributed by atoms with Gasteiger partial charge in [0.15, 0.2) is 0 Å². The van der Waals surface area contributed by atoms with Crippen molar-refractivity contribution in [2.75, 3.05) is 32.7 Å². The van der Waals surface area contributed by atoms with E-state index in [1.54, 1.807) is 23.5 Å². The fraction of sp³-hybridized carbons (Fsp3) is 0.316. The first kappa shape index (κ1) is 18.1. The summed E-state index contributed by atoms with van der Waals surface area (Å²) < 4.78 is 0. The van der Waals surface area contributed by atoms with Crippen molar-refractivity contribution in [3.8, 4) is 0 Å². The number of aliphatic imine (C=N–C) groups is 1. The third-order valence-electron chi connectivity index (χ3n) is 4.77. The molecular weight excluding hydrogens is 385 g/mol. The minimum absolute atomic E-state index is 0.0996. The lowest BCUT2D eigenvalue weighted by molar-refractivity contribution is -0.131. The first-order valence-corrected chi connectivity index (χ1v) is 9.58. The third kappa shape index (κ3) is 4.01. The molecule has 1 aromatic rings. The van der Waals surface area contributed by atoms with Crippen molar-refractivity contribution in [1.82, 2.24) is 14.8 Å². The number of rotatable bonds is 2. The van der Waals surface area contributed by atoms with E-state index in [9.17, 15) is 4.79 Å². The summed E-state index contributed by atoms with van der Waals surface area (Å²) in [6.45, 7) is 3.54. The number of amides is 1. The molecule has 0 atom stereocenters. The second-order valence-corrected chi connectivity index (χ2v) is 7.35. The van der Waals surface area contributed by atoms with Gasteiger partial charge in [0.25, 0.3) is 0 Å². The van der Waals surface area contributed by atoms with Gasteiger partial charge in [0, 0.05) is 26.2 Å². The minimum atomic E-state index is 0.0996. The highest BCUT2D eigenvalue weighted by Crippen LogP contribution is 2.23. The SMILES string of the molecule is O=C(Cc1ccc(Cl)c(Cl)c1)N1CCN(C2=NN3C=NCC=C3C=C2)CC1. The van der Waals surface area contributed by atoms with Gasteiger partial charge in [-0.1, -0.05) is 29.3 Å². The Morgan fingerprint density at radius 1 is 1.07 bits per heavy atom. The van der Waals surface area contributed by atoms with Gasteiger partial charge in [0.2, 0.25) is 5.91 Å². The molecule has 27 heavy (non-hydrogen) atoms. The Bertz CT molecular complexity index is 869. The molecule has 1 saturated heterocycles. The van der Waals surface area contributed by atoms with Crippen LogP contribution < -0.4 is 0 Å². The topological polar surface area (TPSA) is 51.5 Å². The van der Waals surface area contributed by atoms with Crippen LogP contribution in [0, 0.1) is 0 Å². The Morgan fingerprint density at radius 3 is 2.67 bits per heavy atom. The number of hydrazone groups is 1. The van der Waals surface area contributed by atoms with Crippen molar-refractivity contribution < 1.29 is 4.79 Å². The summed E-state index contributed by atoms with van der Waals surface area (Å²) >= 11 is 12.0. The van der Waals surface area contributed by atoms with E-state index in [4.69, 9.17) is 23.2 Å². The second kappa shape index (κ2) is 7.74. The van der Waals surface area contributed by atoms with Gasteiger partial charge in [-0.05, 0) is 35.9 Å². The number of fused-ring (bicyclic) bond motifs is 1.